The van der Waals surface area contributed by atoms with Gasteiger partial charge in [0.2, 0.25) is 0 Å². The molecule has 15 heteroatoms. The van der Waals surface area contributed by atoms with E-state index in [4.69, 9.17) is 34.8 Å². The average molecular weight is 642 g/mol. The zero-order valence-corrected chi connectivity index (χ0v) is 21.7. The molecule has 0 bridgehead atoms. The van der Waals surface area contributed by atoms with Crippen molar-refractivity contribution in [3.63, 3.8) is 0 Å². The van der Waals surface area contributed by atoms with Gasteiger partial charge in [-0.05, 0) is 51.3 Å². The van der Waals surface area contributed by atoms with Crippen LogP contribution in [0.4, 0.5) is 31.1 Å². The summed E-state index contributed by atoms with van der Waals surface area (Å²) >= 11 is 20.6. The molecule has 0 aliphatic carbocycles. The number of benzene rings is 2. The molecule has 1 atom stereocenters. The van der Waals surface area contributed by atoms with Crippen molar-refractivity contribution in [1.29, 1.82) is 0 Å². The summed E-state index contributed by atoms with van der Waals surface area (Å²) in [6, 6.07) is 4.82. The first-order chi connectivity index (χ1) is 16.5. The number of hydrogen-bond donors (Lipinski definition) is 2. The molecule has 1 unspecified atom stereocenters. The smallest absolute Gasteiger partial charge is 0.327 e. The number of nitrogens with zero attached hydrogens (tertiary/aromatic N) is 1. The fourth-order valence-electron chi connectivity index (χ4n) is 2.75. The molecule has 0 saturated carbocycles. The van der Waals surface area contributed by atoms with Gasteiger partial charge < -0.3 is 5.32 Å². The molecule has 0 fully saturated rings. The lowest BCUT2D eigenvalue weighted by molar-refractivity contribution is -0.139. The topological polar surface area (TPSA) is 61.4 Å². The Balaban J connectivity index is 2.19. The van der Waals surface area contributed by atoms with Crippen LogP contribution in [-0.2, 0) is 0 Å². The van der Waals surface area contributed by atoms with Crippen molar-refractivity contribution in [2.45, 2.75) is 18.3 Å². The minimum absolute atomic E-state index is 0.0359. The maximum atomic E-state index is 13.7. The highest BCUT2D eigenvalue weighted by atomic mass is 79.9. The van der Waals surface area contributed by atoms with Gasteiger partial charge in [-0.25, -0.2) is 9.80 Å². The van der Waals surface area contributed by atoms with Crippen LogP contribution in [0.5, 0.6) is 0 Å². The molecule has 0 aromatic heterocycles. The van der Waals surface area contributed by atoms with Gasteiger partial charge in [0.05, 0.1) is 26.5 Å². The number of rotatable bonds is 5. The predicted octanol–water partition coefficient (Wildman–Crippen LogP) is 7.62. The second-order valence-corrected chi connectivity index (χ2v) is 9.24. The predicted molar refractivity (Wildman–Crippen MR) is 128 cm³/mol. The highest BCUT2D eigenvalue weighted by molar-refractivity contribution is 9.10. The van der Waals surface area contributed by atoms with Crippen molar-refractivity contribution in [2.75, 3.05) is 13.6 Å². The quantitative estimate of drug-likeness (QED) is 0.201. The maximum absolute atomic E-state index is 13.7. The molecule has 0 spiro atoms. The Hall–Kier alpha value is -2.15. The van der Waals surface area contributed by atoms with E-state index in [0.29, 0.717) is 5.01 Å². The molecule has 2 rings (SSSR count). The van der Waals surface area contributed by atoms with Crippen molar-refractivity contribution >= 4 is 68.7 Å². The Morgan fingerprint density at radius 3 is 2.14 bits per heavy atom. The van der Waals surface area contributed by atoms with E-state index in [2.05, 4.69) is 21.4 Å². The number of carbonyl (C=O) groups excluding carboxylic acids is 2. The van der Waals surface area contributed by atoms with Crippen LogP contribution in [0.1, 0.15) is 27.4 Å². The van der Waals surface area contributed by atoms with E-state index >= 15 is 0 Å². The molecule has 3 amide bonds. The summed E-state index contributed by atoms with van der Waals surface area (Å²) in [4.78, 5) is 24.0. The Morgan fingerprint density at radius 1 is 1.06 bits per heavy atom. The fraction of sp³-hybridized carbons (Fsp3) is 0.238. The lowest BCUT2D eigenvalue weighted by Crippen LogP contribution is -2.50. The van der Waals surface area contributed by atoms with Crippen LogP contribution in [0.25, 0.3) is 6.08 Å². The van der Waals surface area contributed by atoms with Crippen molar-refractivity contribution < 1.29 is 35.9 Å². The summed E-state index contributed by atoms with van der Waals surface area (Å²) in [7, 11) is 1.03. The molecule has 0 aliphatic heterocycles. The lowest BCUT2D eigenvalue weighted by atomic mass is 9.97. The van der Waals surface area contributed by atoms with E-state index in [1.165, 1.54) is 18.2 Å². The van der Waals surface area contributed by atoms with E-state index in [-0.39, 0.29) is 36.2 Å². The van der Waals surface area contributed by atoms with E-state index in [0.717, 1.165) is 31.3 Å². The largest absolute Gasteiger partial charge is 0.405 e. The third kappa shape index (κ3) is 8.46. The summed E-state index contributed by atoms with van der Waals surface area (Å²) in [5.41, 5.74) is 2.08. The number of hydrazine groups is 1. The molecule has 2 N–H and O–H groups in total. The number of hydrogen-bond acceptors (Lipinski definition) is 2. The van der Waals surface area contributed by atoms with Gasteiger partial charge in [-0.1, -0.05) is 53.0 Å². The van der Waals surface area contributed by atoms with Crippen LogP contribution in [0, 0.1) is 0 Å². The van der Waals surface area contributed by atoms with Gasteiger partial charge in [0, 0.05) is 11.5 Å². The maximum Gasteiger partial charge on any atom is 0.405 e. The van der Waals surface area contributed by atoms with Crippen LogP contribution < -0.4 is 10.7 Å². The SMILES string of the molecule is CN(NC(=O)c1ccc(/C=C/C(c2cc(Cl)c(Cl)c(Cl)c2)C(F)(F)F)cc1Br)C(=O)NCC(F)(F)F. The number of nitrogens with one attached hydrogen (secondary N) is 2. The van der Waals surface area contributed by atoms with Gasteiger partial charge >= 0.3 is 18.4 Å². The normalized spacial score (nSPS) is 13.0. The van der Waals surface area contributed by atoms with Crippen molar-refractivity contribution in [3.8, 4) is 0 Å². The zero-order chi connectivity index (χ0) is 27.4. The second-order valence-electron chi connectivity index (χ2n) is 7.19. The zero-order valence-electron chi connectivity index (χ0n) is 17.9. The second kappa shape index (κ2) is 11.9. The fourth-order valence-corrected chi connectivity index (χ4v) is 3.94. The summed E-state index contributed by atoms with van der Waals surface area (Å²) in [6.45, 7) is -1.59. The molecule has 2 aromatic rings. The van der Waals surface area contributed by atoms with Gasteiger partial charge in [0.1, 0.15) is 6.54 Å². The molecule has 2 aromatic carbocycles. The van der Waals surface area contributed by atoms with Crippen LogP contribution >= 0.6 is 50.7 Å². The van der Waals surface area contributed by atoms with Crippen LogP contribution in [0.3, 0.4) is 0 Å². The monoisotopic (exact) mass is 639 g/mol. The first-order valence-electron chi connectivity index (χ1n) is 9.58. The minimum atomic E-state index is -4.69. The van der Waals surface area contributed by atoms with Crippen LogP contribution in [-0.4, -0.2) is 42.9 Å². The first-order valence-corrected chi connectivity index (χ1v) is 11.5. The highest BCUT2D eigenvalue weighted by Gasteiger charge is 2.39. The molecule has 0 radical (unpaired) electrons. The molecule has 196 valence electrons. The molecule has 5 nitrogen and oxygen atoms in total. The van der Waals surface area contributed by atoms with Gasteiger partial charge in [0.25, 0.3) is 5.91 Å². The van der Waals surface area contributed by atoms with Crippen molar-refractivity contribution in [2.24, 2.45) is 0 Å². The molecular weight excluding hydrogens is 627 g/mol. The highest BCUT2D eigenvalue weighted by Crippen LogP contribution is 2.41. The van der Waals surface area contributed by atoms with Gasteiger partial charge in [-0.15, -0.1) is 0 Å². The Labute approximate surface area is 224 Å². The first kappa shape index (κ1) is 30.1. The molecule has 0 aliphatic rings. The summed E-state index contributed by atoms with van der Waals surface area (Å²) in [5, 5.41) is 1.74. The van der Waals surface area contributed by atoms with Crippen molar-refractivity contribution in [3.05, 3.63) is 72.6 Å². The lowest BCUT2D eigenvalue weighted by Gasteiger charge is -2.20. The minimum Gasteiger partial charge on any atom is -0.327 e. The Bertz CT molecular complexity index is 1150. The van der Waals surface area contributed by atoms with Gasteiger partial charge in [-0.3, -0.25) is 10.2 Å². The number of carbonyl (C=O) groups is 2. The summed E-state index contributed by atoms with van der Waals surface area (Å²) < 4.78 is 77.9. The van der Waals surface area contributed by atoms with Gasteiger partial charge in [-0.2, -0.15) is 26.3 Å². The van der Waals surface area contributed by atoms with Gasteiger partial charge in [0.15, 0.2) is 0 Å². The van der Waals surface area contributed by atoms with E-state index in [9.17, 15) is 35.9 Å². The van der Waals surface area contributed by atoms with E-state index in [1.807, 2.05) is 0 Å². The number of allylic oxidation sites excluding steroid dienone is 1. The molecular formula is C21H15BrCl3F6N3O2. The Morgan fingerprint density at radius 2 is 1.64 bits per heavy atom. The van der Waals surface area contributed by atoms with E-state index < -0.39 is 36.8 Å². The van der Waals surface area contributed by atoms with Crippen molar-refractivity contribution in [1.82, 2.24) is 15.8 Å². The number of halogens is 10. The number of alkyl halides is 6. The third-order valence-corrected chi connectivity index (χ3v) is 6.30. The van der Waals surface area contributed by atoms with Crippen LogP contribution in [0.15, 0.2) is 40.9 Å². The molecule has 36 heavy (non-hydrogen) atoms. The van der Waals surface area contributed by atoms with E-state index in [1.54, 1.807) is 5.32 Å². The number of urea groups is 1. The summed E-state index contributed by atoms with van der Waals surface area (Å²) in [6.07, 6.45) is -7.29. The third-order valence-electron chi connectivity index (χ3n) is 4.45. The van der Waals surface area contributed by atoms with Crippen LogP contribution in [0.2, 0.25) is 15.1 Å². The standard InChI is InChI=1S/C21H15BrCl3F6N3O2/c1-34(19(36)32-9-20(26,27)28)33-18(35)12-4-2-10(6-14(12)22)3-5-13(21(29,30)31)11-7-15(23)17(25)16(24)8-11/h2-8,13H,9H2,1H3,(H,32,36)(H,33,35)/b5-3+. The average Bonchev–Trinajstić information content (AvgIpc) is 2.74. The Kier molecular flexibility index (Phi) is 9.97. The summed E-state index contributed by atoms with van der Waals surface area (Å²) in [5.74, 6) is -2.93. The molecule has 0 saturated heterocycles. The molecule has 0 heterocycles. The number of amides is 3.